The largest absolute Gasteiger partial charge is 0.462 e. The molecule has 0 rings (SSSR count). The van der Waals surface area contributed by atoms with E-state index in [0.717, 1.165) is 96.3 Å². The number of carbonyl (C=O) groups is 3. The smallest absolute Gasteiger partial charge is 0.306 e. The molecule has 1 unspecified atom stereocenters. The minimum absolute atomic E-state index is 0.0746. The van der Waals surface area contributed by atoms with Gasteiger partial charge in [-0.1, -0.05) is 307 Å². The molecule has 6 nitrogen and oxygen atoms in total. The molecule has 0 heterocycles. The van der Waals surface area contributed by atoms with E-state index >= 15 is 0 Å². The van der Waals surface area contributed by atoms with Crippen LogP contribution in [0.5, 0.6) is 0 Å². The number of esters is 3. The third kappa shape index (κ3) is 58.3. The summed E-state index contributed by atoms with van der Waals surface area (Å²) < 4.78 is 16.9. The third-order valence-corrected chi connectivity index (χ3v) is 14.1. The standard InChI is InChI=1S/C66H120O6/c1-4-7-10-13-16-19-22-24-26-28-30-31-32-33-34-35-37-38-40-42-44-47-50-53-56-59-65(68)71-62-63(61-70-64(67)58-55-52-49-46-21-18-15-12-9-6-3)72-66(69)60-57-54-51-48-45-43-41-39-36-29-27-25-23-20-17-14-11-8-5-2/h8,11,17,20,25,27,36,39,63H,4-7,9-10,12-16,18-19,21-24,26,28-35,37-38,40-62H2,1-3H3/b11-8-,20-17-,27-25-,39-36-. The van der Waals surface area contributed by atoms with E-state index in [-0.39, 0.29) is 31.1 Å². The lowest BCUT2D eigenvalue weighted by Gasteiger charge is -2.18. The van der Waals surface area contributed by atoms with Crippen LogP contribution in [-0.4, -0.2) is 37.2 Å². The maximum atomic E-state index is 12.9. The normalized spacial score (nSPS) is 12.3. The average molecular weight is 1010 g/mol. The molecule has 72 heavy (non-hydrogen) atoms. The summed E-state index contributed by atoms with van der Waals surface area (Å²) in [7, 11) is 0. The van der Waals surface area contributed by atoms with Crippen LogP contribution in [0.1, 0.15) is 335 Å². The molecule has 0 N–H and O–H groups in total. The van der Waals surface area contributed by atoms with Crippen LogP contribution in [-0.2, 0) is 28.6 Å². The van der Waals surface area contributed by atoms with Gasteiger partial charge in [0.05, 0.1) is 0 Å². The lowest BCUT2D eigenvalue weighted by Crippen LogP contribution is -2.30. The molecular weight excluding hydrogens is 889 g/mol. The molecule has 0 spiro atoms. The van der Waals surface area contributed by atoms with Crippen molar-refractivity contribution in [2.45, 2.75) is 341 Å². The van der Waals surface area contributed by atoms with Gasteiger partial charge < -0.3 is 14.2 Å². The topological polar surface area (TPSA) is 78.9 Å². The van der Waals surface area contributed by atoms with Gasteiger partial charge in [0, 0.05) is 19.3 Å². The molecule has 0 bridgehead atoms. The first kappa shape index (κ1) is 69.4. The fraction of sp³-hybridized carbons (Fsp3) is 0.833. The van der Waals surface area contributed by atoms with Gasteiger partial charge in [-0.3, -0.25) is 14.4 Å². The van der Waals surface area contributed by atoms with E-state index < -0.39 is 6.10 Å². The zero-order valence-electron chi connectivity index (χ0n) is 48.2. The molecule has 0 saturated carbocycles. The molecule has 6 heteroatoms. The van der Waals surface area contributed by atoms with E-state index in [9.17, 15) is 14.4 Å². The average Bonchev–Trinajstić information content (AvgIpc) is 3.38. The monoisotopic (exact) mass is 1010 g/mol. The van der Waals surface area contributed by atoms with Crippen molar-refractivity contribution in [3.63, 3.8) is 0 Å². The predicted molar refractivity (Wildman–Crippen MR) is 312 cm³/mol. The van der Waals surface area contributed by atoms with Crippen LogP contribution in [0.3, 0.4) is 0 Å². The molecule has 0 aliphatic heterocycles. The van der Waals surface area contributed by atoms with Gasteiger partial charge in [0.15, 0.2) is 6.10 Å². The third-order valence-electron chi connectivity index (χ3n) is 14.1. The number of hydrogen-bond acceptors (Lipinski definition) is 6. The Bertz CT molecular complexity index is 1250. The van der Waals surface area contributed by atoms with Crippen LogP contribution in [0.4, 0.5) is 0 Å². The van der Waals surface area contributed by atoms with E-state index in [1.165, 1.54) is 199 Å². The second-order valence-corrected chi connectivity index (χ2v) is 21.3. The van der Waals surface area contributed by atoms with E-state index in [0.29, 0.717) is 19.3 Å². The number of hydrogen-bond donors (Lipinski definition) is 0. The summed E-state index contributed by atoms with van der Waals surface area (Å²) >= 11 is 0. The maximum absolute atomic E-state index is 12.9. The van der Waals surface area contributed by atoms with Crippen molar-refractivity contribution in [3.8, 4) is 0 Å². The summed E-state index contributed by atoms with van der Waals surface area (Å²) in [6.45, 7) is 6.55. The molecule has 0 aromatic carbocycles. The number of allylic oxidation sites excluding steroid dienone is 8. The van der Waals surface area contributed by atoms with Crippen LogP contribution in [0.2, 0.25) is 0 Å². The van der Waals surface area contributed by atoms with Crippen molar-refractivity contribution in [2.24, 2.45) is 0 Å². The van der Waals surface area contributed by atoms with Gasteiger partial charge in [0.2, 0.25) is 0 Å². The zero-order valence-corrected chi connectivity index (χ0v) is 48.2. The van der Waals surface area contributed by atoms with E-state index in [4.69, 9.17) is 14.2 Å². The van der Waals surface area contributed by atoms with Crippen molar-refractivity contribution in [2.75, 3.05) is 13.2 Å². The molecule has 0 aliphatic carbocycles. The minimum Gasteiger partial charge on any atom is -0.462 e. The summed E-state index contributed by atoms with van der Waals surface area (Å²) in [5.74, 6) is -0.871. The van der Waals surface area contributed by atoms with Crippen LogP contribution in [0.25, 0.3) is 0 Å². The SMILES string of the molecule is CC/C=C\C/C=C\C/C=C\C/C=C\CCCCCCCCC(=O)OC(COC(=O)CCCCCCCCCCCC)COC(=O)CCCCCCCCCCCCCCCCCCCCCCCCCCC. The Morgan fingerprint density at radius 1 is 0.292 bits per heavy atom. The molecule has 420 valence electrons. The number of carbonyl (C=O) groups excluding carboxylic acids is 3. The van der Waals surface area contributed by atoms with Gasteiger partial charge in [0.25, 0.3) is 0 Å². The number of ether oxygens (including phenoxy) is 3. The molecule has 0 aliphatic rings. The summed E-state index contributed by atoms with van der Waals surface area (Å²) in [6, 6.07) is 0. The van der Waals surface area contributed by atoms with Gasteiger partial charge in [-0.25, -0.2) is 0 Å². The van der Waals surface area contributed by atoms with E-state index in [2.05, 4.69) is 69.4 Å². The Kier molecular flexibility index (Phi) is 58.7. The first-order chi connectivity index (χ1) is 35.5. The Morgan fingerprint density at radius 2 is 0.542 bits per heavy atom. The fourth-order valence-electron chi connectivity index (χ4n) is 9.38. The van der Waals surface area contributed by atoms with Gasteiger partial charge in [-0.2, -0.15) is 0 Å². The van der Waals surface area contributed by atoms with Crippen LogP contribution in [0, 0.1) is 0 Å². The quantitative estimate of drug-likeness (QED) is 0.0261. The minimum atomic E-state index is -0.777. The number of unbranched alkanes of at least 4 members (excludes halogenated alkanes) is 39. The first-order valence-electron chi connectivity index (χ1n) is 31.6. The highest BCUT2D eigenvalue weighted by Gasteiger charge is 2.19. The Labute approximate surface area is 448 Å². The lowest BCUT2D eigenvalue weighted by molar-refractivity contribution is -0.167. The summed E-state index contributed by atoms with van der Waals surface area (Å²) in [4.78, 5) is 38.2. The lowest BCUT2D eigenvalue weighted by atomic mass is 10.0. The highest BCUT2D eigenvalue weighted by molar-refractivity contribution is 5.71. The molecule has 0 radical (unpaired) electrons. The molecule has 0 saturated heterocycles. The van der Waals surface area contributed by atoms with Crippen LogP contribution < -0.4 is 0 Å². The van der Waals surface area contributed by atoms with Gasteiger partial charge in [-0.15, -0.1) is 0 Å². The molecule has 0 fully saturated rings. The van der Waals surface area contributed by atoms with Crippen molar-refractivity contribution in [3.05, 3.63) is 48.6 Å². The van der Waals surface area contributed by atoms with Gasteiger partial charge >= 0.3 is 17.9 Å². The highest BCUT2D eigenvalue weighted by Crippen LogP contribution is 2.18. The number of rotatable bonds is 58. The fourth-order valence-corrected chi connectivity index (χ4v) is 9.38. The Hall–Kier alpha value is -2.63. The molecule has 0 aromatic heterocycles. The van der Waals surface area contributed by atoms with Crippen molar-refractivity contribution < 1.29 is 28.6 Å². The molecular formula is C66H120O6. The van der Waals surface area contributed by atoms with Crippen molar-refractivity contribution >= 4 is 17.9 Å². The van der Waals surface area contributed by atoms with Gasteiger partial charge in [0.1, 0.15) is 13.2 Å². The molecule has 1 atom stereocenters. The zero-order chi connectivity index (χ0) is 52.2. The molecule has 0 aromatic rings. The van der Waals surface area contributed by atoms with Crippen molar-refractivity contribution in [1.29, 1.82) is 0 Å². The van der Waals surface area contributed by atoms with Crippen LogP contribution in [0.15, 0.2) is 48.6 Å². The summed E-state index contributed by atoms with van der Waals surface area (Å²) in [5.41, 5.74) is 0. The first-order valence-corrected chi connectivity index (χ1v) is 31.6. The van der Waals surface area contributed by atoms with E-state index in [1.54, 1.807) is 0 Å². The summed E-state index contributed by atoms with van der Waals surface area (Å²) in [5, 5.41) is 0. The van der Waals surface area contributed by atoms with Gasteiger partial charge in [-0.05, 0) is 57.8 Å². The predicted octanol–water partition coefficient (Wildman–Crippen LogP) is 21.4. The highest BCUT2D eigenvalue weighted by atomic mass is 16.6. The molecule has 0 amide bonds. The van der Waals surface area contributed by atoms with Crippen LogP contribution >= 0.6 is 0 Å². The second-order valence-electron chi connectivity index (χ2n) is 21.3. The Balaban J connectivity index is 4.20. The summed E-state index contributed by atoms with van der Waals surface area (Å²) in [6.07, 6.45) is 75.6. The van der Waals surface area contributed by atoms with Crippen molar-refractivity contribution in [1.82, 2.24) is 0 Å². The Morgan fingerprint density at radius 3 is 0.847 bits per heavy atom. The second kappa shape index (κ2) is 60.9. The maximum Gasteiger partial charge on any atom is 0.306 e. The van der Waals surface area contributed by atoms with E-state index in [1.807, 2.05) is 0 Å².